The molecule has 0 heterocycles. The molecule has 1 aromatic rings. The number of fused-ring (bicyclic) bond motifs is 1. The van der Waals surface area contributed by atoms with Crippen molar-refractivity contribution in [1.82, 2.24) is 0 Å². The van der Waals surface area contributed by atoms with Crippen molar-refractivity contribution in [3.05, 3.63) is 35.6 Å². The van der Waals surface area contributed by atoms with Gasteiger partial charge in [-0.05, 0) is 36.3 Å². The van der Waals surface area contributed by atoms with Crippen LogP contribution in [-0.2, 0) is 6.42 Å². The second-order valence-electron chi connectivity index (χ2n) is 5.26. The first-order valence-electron chi connectivity index (χ1n) is 6.17. The quantitative estimate of drug-likeness (QED) is 0.812. The minimum absolute atomic E-state index is 0.181. The lowest BCUT2D eigenvalue weighted by Crippen LogP contribution is -2.17. The molecule has 0 saturated heterocycles. The topological polar surface area (TPSA) is 20.2 Å². The lowest BCUT2D eigenvalue weighted by atomic mass is 10.0. The van der Waals surface area contributed by atoms with Crippen LogP contribution in [0.25, 0.3) is 0 Å². The highest BCUT2D eigenvalue weighted by Gasteiger charge is 2.63. The summed E-state index contributed by atoms with van der Waals surface area (Å²) in [4.78, 5) is 0. The van der Waals surface area contributed by atoms with Crippen molar-refractivity contribution >= 4 is 0 Å². The van der Waals surface area contributed by atoms with Gasteiger partial charge in [-0.15, -0.1) is 0 Å². The Bertz CT molecular complexity index is 389. The Morgan fingerprint density at radius 3 is 2.44 bits per heavy atom. The van der Waals surface area contributed by atoms with E-state index in [2.05, 4.69) is 0 Å². The summed E-state index contributed by atoms with van der Waals surface area (Å²) < 4.78 is 13.5. The van der Waals surface area contributed by atoms with E-state index in [1.807, 2.05) is 6.07 Å². The number of hydrogen-bond donors (Lipinski definition) is 1. The second kappa shape index (κ2) is 3.56. The Morgan fingerprint density at radius 1 is 1.19 bits per heavy atom. The van der Waals surface area contributed by atoms with E-state index in [9.17, 15) is 9.50 Å². The molecule has 2 aliphatic carbocycles. The standard InChI is InChI=1S/C14H17FO/c15-13-8-4-1-5-10(13)9-14(16)11-6-2-3-7-12(11)14/h1,4-5,8,11-12,16H,2-3,6-7,9H2. The van der Waals surface area contributed by atoms with E-state index in [4.69, 9.17) is 0 Å². The first-order valence-corrected chi connectivity index (χ1v) is 6.17. The highest BCUT2D eigenvalue weighted by atomic mass is 19.1. The molecular formula is C14H17FO. The van der Waals surface area contributed by atoms with Crippen LogP contribution in [-0.4, -0.2) is 10.7 Å². The van der Waals surface area contributed by atoms with Crippen molar-refractivity contribution in [1.29, 1.82) is 0 Å². The van der Waals surface area contributed by atoms with E-state index in [-0.39, 0.29) is 5.82 Å². The minimum atomic E-state index is -0.599. The first-order chi connectivity index (χ1) is 7.72. The van der Waals surface area contributed by atoms with Gasteiger partial charge in [-0.25, -0.2) is 4.39 Å². The smallest absolute Gasteiger partial charge is 0.126 e. The molecule has 16 heavy (non-hydrogen) atoms. The predicted molar refractivity (Wildman–Crippen MR) is 60.5 cm³/mol. The van der Waals surface area contributed by atoms with E-state index < -0.39 is 5.60 Å². The van der Waals surface area contributed by atoms with Crippen LogP contribution < -0.4 is 0 Å². The largest absolute Gasteiger partial charge is 0.389 e. The monoisotopic (exact) mass is 220 g/mol. The zero-order chi connectivity index (χ0) is 11.2. The fraction of sp³-hybridized carbons (Fsp3) is 0.571. The molecule has 2 saturated carbocycles. The van der Waals surface area contributed by atoms with Crippen LogP contribution in [0.1, 0.15) is 31.2 Å². The molecule has 1 aromatic carbocycles. The Kier molecular flexibility index (Phi) is 2.28. The highest BCUT2D eigenvalue weighted by molar-refractivity contribution is 5.25. The van der Waals surface area contributed by atoms with Gasteiger partial charge in [-0.1, -0.05) is 31.0 Å². The summed E-state index contributed by atoms with van der Waals surface area (Å²) in [5, 5.41) is 10.5. The zero-order valence-corrected chi connectivity index (χ0v) is 9.32. The molecule has 1 nitrogen and oxygen atoms in total. The van der Waals surface area contributed by atoms with Gasteiger partial charge < -0.3 is 5.11 Å². The van der Waals surface area contributed by atoms with Crippen LogP contribution in [0.3, 0.4) is 0 Å². The summed E-state index contributed by atoms with van der Waals surface area (Å²) in [6.07, 6.45) is 5.18. The van der Waals surface area contributed by atoms with Gasteiger partial charge in [-0.2, -0.15) is 0 Å². The van der Waals surface area contributed by atoms with Crippen LogP contribution in [0.5, 0.6) is 0 Å². The van der Waals surface area contributed by atoms with Crippen LogP contribution in [0.15, 0.2) is 24.3 Å². The molecule has 2 heteroatoms. The third-order valence-electron chi connectivity index (χ3n) is 4.37. The fourth-order valence-corrected chi connectivity index (χ4v) is 3.43. The molecular weight excluding hydrogens is 203 g/mol. The molecule has 2 aliphatic rings. The van der Waals surface area contributed by atoms with E-state index in [0.29, 0.717) is 23.8 Å². The number of rotatable bonds is 2. The Labute approximate surface area is 95.3 Å². The van der Waals surface area contributed by atoms with Crippen molar-refractivity contribution in [3.8, 4) is 0 Å². The molecule has 3 rings (SSSR count). The second-order valence-corrected chi connectivity index (χ2v) is 5.26. The van der Waals surface area contributed by atoms with Crippen LogP contribution in [0, 0.1) is 17.7 Å². The van der Waals surface area contributed by atoms with Gasteiger partial charge >= 0.3 is 0 Å². The predicted octanol–water partition coefficient (Wildman–Crippen LogP) is 2.92. The van der Waals surface area contributed by atoms with Crippen LogP contribution >= 0.6 is 0 Å². The molecule has 0 aliphatic heterocycles. The van der Waals surface area contributed by atoms with E-state index in [1.165, 1.54) is 18.9 Å². The summed E-state index contributed by atoms with van der Waals surface area (Å²) in [6.45, 7) is 0. The first kappa shape index (κ1) is 10.3. The molecule has 86 valence electrons. The molecule has 0 spiro atoms. The van der Waals surface area contributed by atoms with E-state index in [1.54, 1.807) is 12.1 Å². The molecule has 0 amide bonds. The molecule has 2 atom stereocenters. The third kappa shape index (κ3) is 1.47. The normalized spacial score (nSPS) is 36.9. The SMILES string of the molecule is OC1(Cc2ccccc2F)C2CCCCC21. The summed E-state index contributed by atoms with van der Waals surface area (Å²) in [7, 11) is 0. The Morgan fingerprint density at radius 2 is 1.81 bits per heavy atom. The maximum Gasteiger partial charge on any atom is 0.126 e. The Balaban J connectivity index is 1.78. The number of halogens is 1. The average Bonchev–Trinajstić information content (AvgIpc) is 2.89. The van der Waals surface area contributed by atoms with Crippen LogP contribution in [0.2, 0.25) is 0 Å². The summed E-state index contributed by atoms with van der Waals surface area (Å²) in [6, 6.07) is 6.80. The van der Waals surface area contributed by atoms with Crippen molar-refractivity contribution in [2.24, 2.45) is 11.8 Å². The average molecular weight is 220 g/mol. The van der Waals surface area contributed by atoms with Gasteiger partial charge in [0.1, 0.15) is 5.82 Å². The fourth-order valence-electron chi connectivity index (χ4n) is 3.43. The van der Waals surface area contributed by atoms with Gasteiger partial charge in [0.05, 0.1) is 5.60 Å². The lowest BCUT2D eigenvalue weighted by Gasteiger charge is -2.11. The van der Waals surface area contributed by atoms with Crippen molar-refractivity contribution in [2.75, 3.05) is 0 Å². The van der Waals surface area contributed by atoms with Gasteiger partial charge in [0, 0.05) is 6.42 Å². The van der Waals surface area contributed by atoms with Gasteiger partial charge in [0.25, 0.3) is 0 Å². The molecule has 0 aromatic heterocycles. The molecule has 0 radical (unpaired) electrons. The summed E-state index contributed by atoms with van der Waals surface area (Å²) in [5.74, 6) is 0.682. The van der Waals surface area contributed by atoms with Crippen molar-refractivity contribution < 1.29 is 9.50 Å². The van der Waals surface area contributed by atoms with E-state index >= 15 is 0 Å². The summed E-state index contributed by atoms with van der Waals surface area (Å²) >= 11 is 0. The van der Waals surface area contributed by atoms with Gasteiger partial charge in [-0.3, -0.25) is 0 Å². The van der Waals surface area contributed by atoms with Crippen molar-refractivity contribution in [2.45, 2.75) is 37.7 Å². The van der Waals surface area contributed by atoms with Crippen molar-refractivity contribution in [3.63, 3.8) is 0 Å². The minimum Gasteiger partial charge on any atom is -0.389 e. The number of aliphatic hydroxyl groups is 1. The maximum absolute atomic E-state index is 13.5. The zero-order valence-electron chi connectivity index (χ0n) is 9.32. The molecule has 1 N–H and O–H groups in total. The number of benzene rings is 1. The van der Waals surface area contributed by atoms with Gasteiger partial charge in [0.15, 0.2) is 0 Å². The molecule has 0 bridgehead atoms. The summed E-state index contributed by atoms with van der Waals surface area (Å²) in [5.41, 5.74) is 0.0676. The third-order valence-corrected chi connectivity index (χ3v) is 4.37. The molecule has 2 fully saturated rings. The lowest BCUT2D eigenvalue weighted by molar-refractivity contribution is 0.117. The molecule has 2 unspecified atom stereocenters. The maximum atomic E-state index is 13.5. The Hall–Kier alpha value is -0.890. The van der Waals surface area contributed by atoms with E-state index in [0.717, 1.165) is 12.8 Å². The highest BCUT2D eigenvalue weighted by Crippen LogP contribution is 2.59. The van der Waals surface area contributed by atoms with Crippen LogP contribution in [0.4, 0.5) is 4.39 Å². The van der Waals surface area contributed by atoms with Gasteiger partial charge in [0.2, 0.25) is 0 Å². The number of hydrogen-bond acceptors (Lipinski definition) is 1.